The Labute approximate surface area is 163 Å². The molecule has 0 aliphatic rings. The molecule has 140 valence electrons. The Morgan fingerprint density at radius 2 is 1.71 bits per heavy atom. The van der Waals surface area contributed by atoms with E-state index in [2.05, 4.69) is 15.4 Å². The predicted molar refractivity (Wildman–Crippen MR) is 104 cm³/mol. The second kappa shape index (κ2) is 7.77. The first-order valence-corrected chi connectivity index (χ1v) is 9.35. The van der Waals surface area contributed by atoms with Crippen LogP contribution >= 0.6 is 11.8 Å². The standard InChI is InChI=1S/C20H14F2N4OS/c21-14-3-1-13(2-4-14)17-11-18-20(23-9-10-26(18)25-17)28-12-19(27)24-16-7-5-15(22)6-8-16/h1-11H,12H2,(H,24,27). The van der Waals surface area contributed by atoms with Gasteiger partial charge in [-0.2, -0.15) is 5.10 Å². The Hall–Kier alpha value is -3.26. The van der Waals surface area contributed by atoms with E-state index in [-0.39, 0.29) is 23.3 Å². The Morgan fingerprint density at radius 1 is 1.04 bits per heavy atom. The summed E-state index contributed by atoms with van der Waals surface area (Å²) in [5.74, 6) is -0.751. The molecule has 0 saturated heterocycles. The van der Waals surface area contributed by atoms with Crippen LogP contribution in [-0.2, 0) is 4.79 Å². The molecule has 1 amide bonds. The summed E-state index contributed by atoms with van der Waals surface area (Å²) in [4.78, 5) is 16.5. The minimum absolute atomic E-state index is 0.140. The SMILES string of the molecule is O=C(CSc1nccn2nc(-c3ccc(F)cc3)cc12)Nc1ccc(F)cc1. The lowest BCUT2D eigenvalue weighted by molar-refractivity contribution is -0.113. The van der Waals surface area contributed by atoms with Gasteiger partial charge in [0.2, 0.25) is 5.91 Å². The average molecular weight is 396 g/mol. The fraction of sp³-hybridized carbons (Fsp3) is 0.0500. The summed E-state index contributed by atoms with van der Waals surface area (Å²) >= 11 is 1.27. The van der Waals surface area contributed by atoms with Gasteiger partial charge in [0.25, 0.3) is 0 Å². The number of carbonyl (C=O) groups excluding carboxylic acids is 1. The number of amides is 1. The molecule has 0 saturated carbocycles. The van der Waals surface area contributed by atoms with E-state index in [4.69, 9.17) is 0 Å². The lowest BCUT2D eigenvalue weighted by Crippen LogP contribution is -2.14. The zero-order chi connectivity index (χ0) is 19.5. The molecular weight excluding hydrogens is 382 g/mol. The van der Waals surface area contributed by atoms with Crippen molar-refractivity contribution in [1.82, 2.24) is 14.6 Å². The quantitative estimate of drug-likeness (QED) is 0.508. The number of rotatable bonds is 5. The number of fused-ring (bicyclic) bond motifs is 1. The highest BCUT2D eigenvalue weighted by Gasteiger charge is 2.12. The largest absolute Gasteiger partial charge is 0.325 e. The molecular formula is C20H14F2N4OS. The van der Waals surface area contributed by atoms with Crippen molar-refractivity contribution >= 4 is 28.9 Å². The van der Waals surface area contributed by atoms with Crippen molar-refractivity contribution in [3.8, 4) is 11.3 Å². The van der Waals surface area contributed by atoms with Crippen LogP contribution in [0.4, 0.5) is 14.5 Å². The van der Waals surface area contributed by atoms with E-state index >= 15 is 0 Å². The first kappa shape index (κ1) is 18.1. The second-order valence-electron chi connectivity index (χ2n) is 5.94. The Kier molecular flexibility index (Phi) is 5.03. The summed E-state index contributed by atoms with van der Waals surface area (Å²) in [5.41, 5.74) is 2.75. The number of hydrogen-bond acceptors (Lipinski definition) is 4. The molecule has 5 nitrogen and oxygen atoms in total. The molecule has 4 aromatic rings. The Morgan fingerprint density at radius 3 is 2.43 bits per heavy atom. The van der Waals surface area contributed by atoms with E-state index in [0.717, 1.165) is 11.1 Å². The minimum Gasteiger partial charge on any atom is -0.325 e. The summed E-state index contributed by atoms with van der Waals surface area (Å²) < 4.78 is 27.7. The maximum atomic E-state index is 13.1. The van der Waals surface area contributed by atoms with Gasteiger partial charge in [-0.05, 0) is 54.6 Å². The minimum atomic E-state index is -0.360. The van der Waals surface area contributed by atoms with Crippen LogP contribution in [0.5, 0.6) is 0 Å². The average Bonchev–Trinajstić information content (AvgIpc) is 3.13. The number of hydrogen-bond donors (Lipinski definition) is 1. The van der Waals surface area contributed by atoms with Gasteiger partial charge in [0.15, 0.2) is 0 Å². The number of nitrogens with one attached hydrogen (secondary N) is 1. The lowest BCUT2D eigenvalue weighted by Gasteiger charge is -2.05. The molecule has 0 spiro atoms. The van der Waals surface area contributed by atoms with Crippen molar-refractivity contribution in [1.29, 1.82) is 0 Å². The van der Waals surface area contributed by atoms with Gasteiger partial charge >= 0.3 is 0 Å². The highest BCUT2D eigenvalue weighted by molar-refractivity contribution is 8.00. The first-order chi connectivity index (χ1) is 13.6. The van der Waals surface area contributed by atoms with Crippen molar-refractivity contribution in [3.05, 3.63) is 78.6 Å². The highest BCUT2D eigenvalue weighted by atomic mass is 32.2. The van der Waals surface area contributed by atoms with Crippen LogP contribution < -0.4 is 5.32 Å². The van der Waals surface area contributed by atoms with Crippen LogP contribution in [0.25, 0.3) is 16.8 Å². The van der Waals surface area contributed by atoms with E-state index in [1.165, 1.54) is 48.2 Å². The molecule has 4 rings (SSSR count). The van der Waals surface area contributed by atoms with Gasteiger partial charge in [0.05, 0.1) is 17.0 Å². The molecule has 0 atom stereocenters. The number of benzene rings is 2. The molecule has 2 heterocycles. The van der Waals surface area contributed by atoms with Crippen molar-refractivity contribution in [2.24, 2.45) is 0 Å². The number of anilines is 1. The van der Waals surface area contributed by atoms with E-state index in [0.29, 0.717) is 16.4 Å². The van der Waals surface area contributed by atoms with E-state index < -0.39 is 0 Å². The van der Waals surface area contributed by atoms with Crippen molar-refractivity contribution in [2.75, 3.05) is 11.1 Å². The fourth-order valence-electron chi connectivity index (χ4n) is 2.64. The monoisotopic (exact) mass is 396 g/mol. The van der Waals surface area contributed by atoms with Gasteiger partial charge in [-0.1, -0.05) is 11.8 Å². The zero-order valence-corrected chi connectivity index (χ0v) is 15.3. The third kappa shape index (κ3) is 4.01. The third-order valence-electron chi connectivity index (χ3n) is 3.96. The lowest BCUT2D eigenvalue weighted by atomic mass is 10.1. The molecule has 2 aromatic carbocycles. The summed E-state index contributed by atoms with van der Waals surface area (Å²) in [6.45, 7) is 0. The second-order valence-corrected chi connectivity index (χ2v) is 6.91. The number of thioether (sulfide) groups is 1. The van der Waals surface area contributed by atoms with Crippen LogP contribution in [-0.4, -0.2) is 26.3 Å². The van der Waals surface area contributed by atoms with E-state index in [1.807, 2.05) is 6.07 Å². The number of carbonyl (C=O) groups is 1. The van der Waals surface area contributed by atoms with Gasteiger partial charge in [-0.3, -0.25) is 4.79 Å². The van der Waals surface area contributed by atoms with Crippen LogP contribution in [0.1, 0.15) is 0 Å². The van der Waals surface area contributed by atoms with Crippen LogP contribution in [0, 0.1) is 11.6 Å². The molecule has 0 aliphatic carbocycles. The molecule has 0 unspecified atom stereocenters. The van der Waals surface area contributed by atoms with Gasteiger partial charge in [0.1, 0.15) is 16.7 Å². The zero-order valence-electron chi connectivity index (χ0n) is 14.5. The number of nitrogens with zero attached hydrogens (tertiary/aromatic N) is 3. The van der Waals surface area contributed by atoms with Gasteiger partial charge in [0, 0.05) is 23.6 Å². The summed E-state index contributed by atoms with van der Waals surface area (Å²) in [7, 11) is 0. The number of halogens is 2. The van der Waals surface area contributed by atoms with Crippen molar-refractivity contribution in [2.45, 2.75) is 5.03 Å². The molecule has 0 radical (unpaired) electrons. The summed E-state index contributed by atoms with van der Waals surface area (Å²) in [6.07, 6.45) is 3.32. The van der Waals surface area contributed by atoms with Gasteiger partial charge in [-0.15, -0.1) is 0 Å². The molecule has 8 heteroatoms. The molecule has 28 heavy (non-hydrogen) atoms. The van der Waals surface area contributed by atoms with E-state index in [1.54, 1.807) is 29.0 Å². The van der Waals surface area contributed by atoms with Crippen molar-refractivity contribution < 1.29 is 13.6 Å². The predicted octanol–water partition coefficient (Wildman–Crippen LogP) is 4.41. The van der Waals surface area contributed by atoms with Crippen molar-refractivity contribution in [3.63, 3.8) is 0 Å². The van der Waals surface area contributed by atoms with Crippen LogP contribution in [0.2, 0.25) is 0 Å². The molecule has 2 aromatic heterocycles. The third-order valence-corrected chi connectivity index (χ3v) is 4.96. The maximum absolute atomic E-state index is 13.1. The van der Waals surface area contributed by atoms with E-state index in [9.17, 15) is 13.6 Å². The van der Waals surface area contributed by atoms with Crippen LogP contribution in [0.3, 0.4) is 0 Å². The van der Waals surface area contributed by atoms with Crippen LogP contribution in [0.15, 0.2) is 72.0 Å². The smallest absolute Gasteiger partial charge is 0.234 e. The molecule has 0 fully saturated rings. The Balaban J connectivity index is 1.50. The molecule has 0 bridgehead atoms. The molecule has 0 aliphatic heterocycles. The molecule has 1 N–H and O–H groups in total. The highest BCUT2D eigenvalue weighted by Crippen LogP contribution is 2.26. The fourth-order valence-corrected chi connectivity index (χ4v) is 3.41. The summed E-state index contributed by atoms with van der Waals surface area (Å²) in [5, 5.41) is 7.84. The van der Waals surface area contributed by atoms with Gasteiger partial charge in [-0.25, -0.2) is 18.3 Å². The maximum Gasteiger partial charge on any atom is 0.234 e. The Bertz CT molecular complexity index is 1130. The topological polar surface area (TPSA) is 59.3 Å². The first-order valence-electron chi connectivity index (χ1n) is 8.37. The van der Waals surface area contributed by atoms with Gasteiger partial charge < -0.3 is 5.32 Å². The normalized spacial score (nSPS) is 10.9. The summed E-state index contributed by atoms with van der Waals surface area (Å²) in [6, 6.07) is 13.5. The number of aromatic nitrogens is 3.